The smallest absolute Gasteiger partial charge is 0.246 e. The molecule has 1 aliphatic carbocycles. The Morgan fingerprint density at radius 3 is 2.43 bits per heavy atom. The van der Waals surface area contributed by atoms with E-state index in [1.807, 2.05) is 19.1 Å². The number of halogens is 1. The molecule has 1 amide bonds. The molecule has 1 aliphatic heterocycles. The fourth-order valence-electron chi connectivity index (χ4n) is 4.31. The van der Waals surface area contributed by atoms with E-state index < -0.39 is 0 Å². The summed E-state index contributed by atoms with van der Waals surface area (Å²) in [6.45, 7) is 8.32. The van der Waals surface area contributed by atoms with E-state index in [9.17, 15) is 4.79 Å². The van der Waals surface area contributed by atoms with Gasteiger partial charge in [0.1, 0.15) is 6.61 Å². The van der Waals surface area contributed by atoms with Crippen LogP contribution in [0.1, 0.15) is 39.0 Å². The number of hydrogen-bond donors (Lipinski definition) is 1. The van der Waals surface area contributed by atoms with Crippen LogP contribution in [0.3, 0.4) is 0 Å². The fraction of sp³-hybridized carbons (Fsp3) is 0.682. The predicted octanol–water partition coefficient (Wildman–Crippen LogP) is 3.56. The number of nitrogens with zero attached hydrogens (tertiary/aromatic N) is 2. The van der Waals surface area contributed by atoms with E-state index in [4.69, 9.17) is 16.3 Å². The maximum atomic E-state index is 11.8. The van der Waals surface area contributed by atoms with Gasteiger partial charge in [0, 0.05) is 49.5 Å². The molecule has 6 heteroatoms. The van der Waals surface area contributed by atoms with E-state index in [0.29, 0.717) is 12.6 Å². The number of anilines is 1. The molecule has 1 N–H and O–H groups in total. The average molecular weight is 408 g/mol. The maximum Gasteiger partial charge on any atom is 0.246 e. The third kappa shape index (κ3) is 6.64. The van der Waals surface area contributed by atoms with Crippen molar-refractivity contribution in [3.8, 4) is 0 Å². The molecule has 1 saturated carbocycles. The first-order valence-corrected chi connectivity index (χ1v) is 11.1. The molecular formula is C22H34ClN3O2. The minimum atomic E-state index is 0.0314. The zero-order valence-electron chi connectivity index (χ0n) is 17.0. The van der Waals surface area contributed by atoms with E-state index in [1.165, 1.54) is 31.5 Å². The van der Waals surface area contributed by atoms with Crippen LogP contribution in [-0.4, -0.2) is 62.8 Å². The van der Waals surface area contributed by atoms with Gasteiger partial charge in [-0.15, -0.1) is 0 Å². The van der Waals surface area contributed by atoms with Gasteiger partial charge in [-0.3, -0.25) is 9.69 Å². The second-order valence-corrected chi connectivity index (χ2v) is 8.45. The van der Waals surface area contributed by atoms with Gasteiger partial charge in [-0.05, 0) is 75.8 Å². The number of ether oxygens (including phenoxy) is 1. The van der Waals surface area contributed by atoms with Gasteiger partial charge in [0.15, 0.2) is 0 Å². The molecule has 2 fully saturated rings. The standard InChI is InChI=1S/C22H34ClN3O2/c1-2-28-17-22(27)24-20-7-3-18(4-8-20)11-12-25-13-15-26(16-14-25)21-9-5-19(23)6-10-21/h5-6,9-10,18,20H,2-4,7-8,11-17H2,1H3,(H,24,27)/t18-,20-. The summed E-state index contributed by atoms with van der Waals surface area (Å²) in [4.78, 5) is 16.8. The molecule has 1 saturated heterocycles. The molecule has 28 heavy (non-hydrogen) atoms. The molecule has 0 spiro atoms. The summed E-state index contributed by atoms with van der Waals surface area (Å²) < 4.78 is 5.18. The first kappa shape index (κ1) is 21.4. The molecule has 0 aromatic heterocycles. The Morgan fingerprint density at radius 2 is 1.79 bits per heavy atom. The van der Waals surface area contributed by atoms with Crippen LogP contribution in [0.4, 0.5) is 5.69 Å². The highest BCUT2D eigenvalue weighted by atomic mass is 35.5. The molecular weight excluding hydrogens is 374 g/mol. The molecule has 156 valence electrons. The Kier molecular flexibility index (Phi) is 8.44. The molecule has 1 heterocycles. The van der Waals surface area contributed by atoms with Gasteiger partial charge in [-0.2, -0.15) is 0 Å². The van der Waals surface area contributed by atoms with Gasteiger partial charge in [-0.1, -0.05) is 11.6 Å². The molecule has 0 radical (unpaired) electrons. The highest BCUT2D eigenvalue weighted by Gasteiger charge is 2.24. The average Bonchev–Trinajstić information content (AvgIpc) is 2.73. The lowest BCUT2D eigenvalue weighted by Crippen LogP contribution is -2.47. The second kappa shape index (κ2) is 11.0. The monoisotopic (exact) mass is 407 g/mol. The van der Waals surface area contributed by atoms with E-state index in [2.05, 4.69) is 27.2 Å². The molecule has 3 rings (SSSR count). The summed E-state index contributed by atoms with van der Waals surface area (Å²) in [6.07, 6.45) is 5.94. The summed E-state index contributed by atoms with van der Waals surface area (Å²) in [5, 5.41) is 3.91. The summed E-state index contributed by atoms with van der Waals surface area (Å²) >= 11 is 5.99. The van der Waals surface area contributed by atoms with Crippen LogP contribution >= 0.6 is 11.6 Å². The van der Waals surface area contributed by atoms with Crippen LogP contribution < -0.4 is 10.2 Å². The van der Waals surface area contributed by atoms with Crippen LogP contribution in [0.2, 0.25) is 5.02 Å². The minimum Gasteiger partial charge on any atom is -0.372 e. The number of benzene rings is 1. The van der Waals surface area contributed by atoms with Crippen molar-refractivity contribution in [3.05, 3.63) is 29.3 Å². The van der Waals surface area contributed by atoms with Gasteiger partial charge in [0.25, 0.3) is 0 Å². The van der Waals surface area contributed by atoms with E-state index >= 15 is 0 Å². The van der Waals surface area contributed by atoms with Gasteiger partial charge in [-0.25, -0.2) is 0 Å². The lowest BCUT2D eigenvalue weighted by Gasteiger charge is -2.37. The quantitative estimate of drug-likeness (QED) is 0.715. The summed E-state index contributed by atoms with van der Waals surface area (Å²) in [5.41, 5.74) is 1.27. The number of hydrogen-bond acceptors (Lipinski definition) is 4. The molecule has 0 bridgehead atoms. The lowest BCUT2D eigenvalue weighted by atomic mass is 9.84. The minimum absolute atomic E-state index is 0.0314. The number of piperazine rings is 1. The van der Waals surface area contributed by atoms with Crippen LogP contribution in [0.5, 0.6) is 0 Å². The fourth-order valence-corrected chi connectivity index (χ4v) is 4.43. The maximum absolute atomic E-state index is 11.8. The van der Waals surface area contributed by atoms with Crippen molar-refractivity contribution in [2.75, 3.05) is 50.8 Å². The van der Waals surface area contributed by atoms with E-state index in [-0.39, 0.29) is 12.5 Å². The van der Waals surface area contributed by atoms with Crippen LogP contribution in [0.25, 0.3) is 0 Å². The molecule has 2 aliphatic rings. The largest absolute Gasteiger partial charge is 0.372 e. The van der Waals surface area contributed by atoms with Gasteiger partial charge in [0.2, 0.25) is 5.91 Å². The van der Waals surface area contributed by atoms with E-state index in [0.717, 1.165) is 50.0 Å². The van der Waals surface area contributed by atoms with Gasteiger partial charge < -0.3 is 15.0 Å². The number of rotatable bonds is 8. The summed E-state index contributed by atoms with van der Waals surface area (Å²) in [6, 6.07) is 8.51. The second-order valence-electron chi connectivity index (χ2n) is 8.02. The van der Waals surface area contributed by atoms with Gasteiger partial charge >= 0.3 is 0 Å². The zero-order chi connectivity index (χ0) is 19.8. The van der Waals surface area contributed by atoms with Crippen LogP contribution in [-0.2, 0) is 9.53 Å². The summed E-state index contributed by atoms with van der Waals surface area (Å²) in [5.74, 6) is 0.832. The Morgan fingerprint density at radius 1 is 1.11 bits per heavy atom. The molecule has 1 aromatic rings. The topological polar surface area (TPSA) is 44.8 Å². The highest BCUT2D eigenvalue weighted by molar-refractivity contribution is 6.30. The third-order valence-electron chi connectivity index (χ3n) is 6.07. The van der Waals surface area contributed by atoms with Crippen LogP contribution in [0.15, 0.2) is 24.3 Å². The lowest BCUT2D eigenvalue weighted by molar-refractivity contribution is -0.126. The number of carbonyl (C=O) groups excluding carboxylic acids is 1. The van der Waals surface area contributed by atoms with Crippen molar-refractivity contribution < 1.29 is 9.53 Å². The van der Waals surface area contributed by atoms with Crippen molar-refractivity contribution >= 4 is 23.2 Å². The molecule has 1 aromatic carbocycles. The molecule has 5 nitrogen and oxygen atoms in total. The molecule has 0 unspecified atom stereocenters. The summed E-state index contributed by atoms with van der Waals surface area (Å²) in [7, 11) is 0. The van der Waals surface area contributed by atoms with Crippen molar-refractivity contribution in [3.63, 3.8) is 0 Å². The van der Waals surface area contributed by atoms with Crippen molar-refractivity contribution in [1.29, 1.82) is 0 Å². The van der Waals surface area contributed by atoms with Crippen LogP contribution in [0, 0.1) is 5.92 Å². The Balaban J connectivity index is 1.30. The highest BCUT2D eigenvalue weighted by Crippen LogP contribution is 2.27. The van der Waals surface area contributed by atoms with E-state index in [1.54, 1.807) is 0 Å². The third-order valence-corrected chi connectivity index (χ3v) is 6.32. The number of amides is 1. The molecule has 0 atom stereocenters. The Bertz CT molecular complexity index is 594. The Hall–Kier alpha value is -1.30. The Labute approximate surface area is 174 Å². The SMILES string of the molecule is CCOCC(=O)N[C@H]1CC[C@H](CCN2CCN(c3ccc(Cl)cc3)CC2)CC1. The predicted molar refractivity (Wildman–Crippen MR) is 115 cm³/mol. The first-order valence-electron chi connectivity index (χ1n) is 10.7. The zero-order valence-corrected chi connectivity index (χ0v) is 17.8. The number of nitrogens with one attached hydrogen (secondary N) is 1. The van der Waals surface area contributed by atoms with Crippen molar-refractivity contribution in [2.24, 2.45) is 5.92 Å². The van der Waals surface area contributed by atoms with Crippen molar-refractivity contribution in [1.82, 2.24) is 10.2 Å². The first-order chi connectivity index (χ1) is 13.6. The normalized spacial score (nSPS) is 23.6. The van der Waals surface area contributed by atoms with Crippen molar-refractivity contribution in [2.45, 2.75) is 45.1 Å². The van der Waals surface area contributed by atoms with Gasteiger partial charge in [0.05, 0.1) is 0 Å². The number of carbonyl (C=O) groups is 1.